The second kappa shape index (κ2) is 9.58. The lowest BCUT2D eigenvalue weighted by atomic mass is 10.0. The fourth-order valence-corrected chi connectivity index (χ4v) is 4.43. The van der Waals surface area contributed by atoms with Crippen molar-refractivity contribution in [2.24, 2.45) is 0 Å². The molecule has 0 bridgehead atoms. The van der Waals surface area contributed by atoms with Gasteiger partial charge in [0.25, 0.3) is 0 Å². The minimum Gasteiger partial charge on any atom is -0.325 e. The Labute approximate surface area is 190 Å². The molecule has 0 radical (unpaired) electrons. The highest BCUT2D eigenvalue weighted by Gasteiger charge is 2.19. The van der Waals surface area contributed by atoms with Crippen LogP contribution in [0, 0.1) is 0 Å². The molecule has 7 heteroatoms. The van der Waals surface area contributed by atoms with Crippen molar-refractivity contribution in [3.05, 3.63) is 94.0 Å². The van der Waals surface area contributed by atoms with Crippen LogP contribution in [0.2, 0.25) is 0 Å². The van der Waals surface area contributed by atoms with Crippen LogP contribution in [0.15, 0.2) is 82.2 Å². The maximum Gasteiger partial charge on any atom is 0.228 e. The molecule has 160 valence electrons. The first-order valence-corrected chi connectivity index (χ1v) is 12.0. The second-order valence-electron chi connectivity index (χ2n) is 7.35. The molecule has 3 aromatic carbocycles. The predicted molar refractivity (Wildman–Crippen MR) is 125 cm³/mol. The Kier molecular flexibility index (Phi) is 7.08. The van der Waals surface area contributed by atoms with E-state index >= 15 is 0 Å². The summed E-state index contributed by atoms with van der Waals surface area (Å²) in [5.74, 6) is -0.496. The van der Waals surface area contributed by atoms with Crippen LogP contribution in [0.4, 0.5) is 5.69 Å². The van der Waals surface area contributed by atoms with Gasteiger partial charge >= 0.3 is 0 Å². The van der Waals surface area contributed by atoms with Crippen LogP contribution in [-0.2, 0) is 21.1 Å². The number of hydrogen-bond donors (Lipinski definition) is 1. The Hall–Kier alpha value is -2.77. The number of hydrogen-bond acceptors (Lipinski definition) is 4. The molecule has 0 aliphatic carbocycles. The number of anilines is 1. The Morgan fingerprint density at radius 2 is 1.58 bits per heavy atom. The molecule has 3 aromatic rings. The van der Waals surface area contributed by atoms with E-state index in [-0.39, 0.29) is 23.0 Å². The molecule has 1 amide bonds. The molecule has 0 aliphatic rings. The molecule has 5 nitrogen and oxygen atoms in total. The Morgan fingerprint density at radius 3 is 2.19 bits per heavy atom. The van der Waals surface area contributed by atoms with Gasteiger partial charge in [-0.3, -0.25) is 9.59 Å². The molecule has 0 spiro atoms. The largest absolute Gasteiger partial charge is 0.325 e. The summed E-state index contributed by atoms with van der Waals surface area (Å²) in [6.45, 7) is 3.26. The molecule has 0 unspecified atom stereocenters. The van der Waals surface area contributed by atoms with Gasteiger partial charge in [0.15, 0.2) is 15.6 Å². The number of carbonyl (C=O) groups is 2. The molecule has 0 fully saturated rings. The lowest BCUT2D eigenvalue weighted by Crippen LogP contribution is -2.17. The van der Waals surface area contributed by atoms with E-state index in [2.05, 4.69) is 21.2 Å². The zero-order valence-corrected chi connectivity index (χ0v) is 19.5. The number of carbonyl (C=O) groups excluding carboxylic acids is 2. The maximum absolute atomic E-state index is 12.9. The molecule has 31 heavy (non-hydrogen) atoms. The van der Waals surface area contributed by atoms with E-state index in [9.17, 15) is 18.0 Å². The minimum atomic E-state index is -3.36. The van der Waals surface area contributed by atoms with Crippen molar-refractivity contribution in [2.45, 2.75) is 30.4 Å². The fraction of sp³-hybridized carbons (Fsp3) is 0.167. The zero-order valence-electron chi connectivity index (χ0n) is 17.1. The first-order valence-electron chi connectivity index (χ1n) is 9.70. The normalized spacial score (nSPS) is 11.4. The van der Waals surface area contributed by atoms with Crippen LogP contribution in [0.5, 0.6) is 0 Å². The third-order valence-electron chi connectivity index (χ3n) is 4.77. The van der Waals surface area contributed by atoms with E-state index in [1.165, 1.54) is 12.1 Å². The van der Waals surface area contributed by atoms with Crippen molar-refractivity contribution in [2.75, 3.05) is 5.32 Å². The van der Waals surface area contributed by atoms with Crippen LogP contribution in [0.25, 0.3) is 0 Å². The first kappa shape index (κ1) is 22.9. The molecule has 1 N–H and O–H groups in total. The number of nitrogens with one attached hydrogen (secondary N) is 1. The van der Waals surface area contributed by atoms with E-state index in [1.807, 2.05) is 6.07 Å². The van der Waals surface area contributed by atoms with Crippen LogP contribution in [-0.4, -0.2) is 25.4 Å². The molecular formula is C24H22BrNO4S. The molecule has 0 aromatic heterocycles. The SMILES string of the molecule is CC(C)S(=O)(=O)c1ccc(CC(=O)Nc2ccc(Br)cc2C(=O)c2ccccc2)cc1. The molecule has 0 aliphatic heterocycles. The summed E-state index contributed by atoms with van der Waals surface area (Å²) in [5.41, 5.74) is 2.00. The van der Waals surface area contributed by atoms with E-state index in [1.54, 1.807) is 68.4 Å². The number of rotatable bonds is 7. The number of sulfone groups is 1. The summed E-state index contributed by atoms with van der Waals surface area (Å²) in [6.07, 6.45) is 0.0526. The molecule has 3 rings (SSSR count). The summed E-state index contributed by atoms with van der Waals surface area (Å²) in [4.78, 5) is 25.8. The highest BCUT2D eigenvalue weighted by atomic mass is 79.9. The van der Waals surface area contributed by atoms with E-state index < -0.39 is 15.1 Å². The third-order valence-corrected chi connectivity index (χ3v) is 7.44. The summed E-state index contributed by atoms with van der Waals surface area (Å²) in [5, 5.41) is 2.29. The van der Waals surface area contributed by atoms with Crippen molar-refractivity contribution in [1.29, 1.82) is 0 Å². The number of halogens is 1. The number of benzene rings is 3. The fourth-order valence-electron chi connectivity index (χ4n) is 3.01. The van der Waals surface area contributed by atoms with Crippen molar-refractivity contribution in [3.63, 3.8) is 0 Å². The Balaban J connectivity index is 1.78. The van der Waals surface area contributed by atoms with Crippen molar-refractivity contribution < 1.29 is 18.0 Å². The summed E-state index contributed by atoms with van der Waals surface area (Å²) >= 11 is 3.38. The maximum atomic E-state index is 12.9. The van der Waals surface area contributed by atoms with E-state index in [4.69, 9.17) is 0 Å². The van der Waals surface area contributed by atoms with Gasteiger partial charge in [-0.25, -0.2) is 8.42 Å². The quantitative estimate of drug-likeness (QED) is 0.461. The van der Waals surface area contributed by atoms with Crippen molar-refractivity contribution in [1.82, 2.24) is 0 Å². The third kappa shape index (κ3) is 5.48. The number of amides is 1. The van der Waals surface area contributed by atoms with Gasteiger partial charge in [0.1, 0.15) is 0 Å². The highest BCUT2D eigenvalue weighted by molar-refractivity contribution is 9.10. The van der Waals surface area contributed by atoms with Crippen LogP contribution < -0.4 is 5.32 Å². The summed E-state index contributed by atoms with van der Waals surface area (Å²) in [7, 11) is -3.36. The molecular weight excluding hydrogens is 478 g/mol. The molecule has 0 saturated heterocycles. The highest BCUT2D eigenvalue weighted by Crippen LogP contribution is 2.24. The topological polar surface area (TPSA) is 80.3 Å². The van der Waals surface area contributed by atoms with Gasteiger partial charge in [-0.15, -0.1) is 0 Å². The van der Waals surface area contributed by atoms with Gasteiger partial charge in [0, 0.05) is 15.6 Å². The van der Waals surface area contributed by atoms with Gasteiger partial charge in [-0.2, -0.15) is 0 Å². The van der Waals surface area contributed by atoms with Gasteiger partial charge in [-0.1, -0.05) is 58.4 Å². The van der Waals surface area contributed by atoms with Crippen LogP contribution in [0.3, 0.4) is 0 Å². The smallest absolute Gasteiger partial charge is 0.228 e. The minimum absolute atomic E-state index is 0.0526. The standard InChI is InChI=1S/C24H22BrNO4S/c1-16(2)31(29,30)20-11-8-17(9-12-20)14-23(27)26-22-13-10-19(25)15-21(22)24(28)18-6-4-3-5-7-18/h3-13,15-16H,14H2,1-2H3,(H,26,27). The number of ketones is 1. The van der Waals surface area contributed by atoms with Crippen molar-refractivity contribution >= 4 is 43.1 Å². The van der Waals surface area contributed by atoms with Crippen LogP contribution in [0.1, 0.15) is 35.3 Å². The molecule has 0 heterocycles. The monoisotopic (exact) mass is 499 g/mol. The molecule has 0 atom stereocenters. The first-order chi connectivity index (χ1) is 14.7. The van der Waals surface area contributed by atoms with Crippen LogP contribution >= 0.6 is 15.9 Å². The lowest BCUT2D eigenvalue weighted by Gasteiger charge is -2.12. The van der Waals surface area contributed by atoms with Crippen molar-refractivity contribution in [3.8, 4) is 0 Å². The predicted octanol–water partition coefficient (Wildman–Crippen LogP) is 5.04. The second-order valence-corrected chi connectivity index (χ2v) is 10.8. The summed E-state index contributed by atoms with van der Waals surface area (Å²) in [6, 6.07) is 20.2. The van der Waals surface area contributed by atoms with E-state index in [0.29, 0.717) is 22.4 Å². The van der Waals surface area contributed by atoms with Gasteiger partial charge in [0.05, 0.1) is 22.3 Å². The lowest BCUT2D eigenvalue weighted by molar-refractivity contribution is -0.115. The zero-order chi connectivity index (χ0) is 22.6. The van der Waals surface area contributed by atoms with Gasteiger partial charge in [0.2, 0.25) is 5.91 Å². The Morgan fingerprint density at radius 1 is 0.935 bits per heavy atom. The summed E-state index contributed by atoms with van der Waals surface area (Å²) < 4.78 is 25.2. The average Bonchev–Trinajstić information content (AvgIpc) is 2.75. The van der Waals surface area contributed by atoms with Gasteiger partial charge in [-0.05, 0) is 49.7 Å². The van der Waals surface area contributed by atoms with E-state index in [0.717, 1.165) is 4.47 Å². The average molecular weight is 500 g/mol. The molecule has 0 saturated carbocycles. The van der Waals surface area contributed by atoms with Gasteiger partial charge < -0.3 is 5.32 Å². The Bertz CT molecular complexity index is 1200.